The smallest absolute Gasteiger partial charge is 0.175 e. The number of nitrogens with one attached hydrogen (secondary N) is 2. The predicted octanol–water partition coefficient (Wildman–Crippen LogP) is 2.83. The number of anilines is 3. The van der Waals surface area contributed by atoms with Crippen LogP contribution in [0.2, 0.25) is 0 Å². The van der Waals surface area contributed by atoms with Crippen LogP contribution in [0.3, 0.4) is 0 Å². The molecule has 0 aliphatic heterocycles. The van der Waals surface area contributed by atoms with Gasteiger partial charge in [0.15, 0.2) is 5.82 Å². The highest BCUT2D eigenvalue weighted by Crippen LogP contribution is 2.17. The van der Waals surface area contributed by atoms with E-state index in [1.165, 1.54) is 0 Å². The predicted molar refractivity (Wildman–Crippen MR) is 82.9 cm³/mol. The molecule has 0 amide bonds. The summed E-state index contributed by atoms with van der Waals surface area (Å²) in [5.74, 6) is 3.44. The molecule has 0 atom stereocenters. The van der Waals surface area contributed by atoms with Crippen molar-refractivity contribution in [3.05, 3.63) is 53.8 Å². The Labute approximate surface area is 127 Å². The summed E-state index contributed by atoms with van der Waals surface area (Å²) < 4.78 is 5.03. The minimum atomic E-state index is 0.621. The van der Waals surface area contributed by atoms with E-state index in [0.29, 0.717) is 24.0 Å². The molecule has 0 saturated carbocycles. The minimum Gasteiger partial charge on any atom is -0.366 e. The van der Waals surface area contributed by atoms with Gasteiger partial charge in [-0.3, -0.25) is 4.98 Å². The Morgan fingerprint density at radius 3 is 2.50 bits per heavy atom. The van der Waals surface area contributed by atoms with Crippen molar-refractivity contribution in [2.75, 3.05) is 10.6 Å². The van der Waals surface area contributed by atoms with Crippen LogP contribution in [0.4, 0.5) is 17.5 Å². The lowest BCUT2D eigenvalue weighted by molar-refractivity contribution is 0.400. The number of hydrogen-bond acceptors (Lipinski definition) is 7. The van der Waals surface area contributed by atoms with E-state index in [1.807, 2.05) is 38.1 Å². The fourth-order valence-corrected chi connectivity index (χ4v) is 1.97. The molecule has 3 aromatic heterocycles. The molecule has 7 heteroatoms. The molecule has 22 heavy (non-hydrogen) atoms. The zero-order valence-electron chi connectivity index (χ0n) is 12.4. The molecule has 2 N–H and O–H groups in total. The van der Waals surface area contributed by atoms with Crippen LogP contribution in [0.1, 0.15) is 17.1 Å². The summed E-state index contributed by atoms with van der Waals surface area (Å²) in [6.07, 6.45) is 3.53. The van der Waals surface area contributed by atoms with E-state index in [2.05, 4.69) is 30.7 Å². The molecule has 3 heterocycles. The molecule has 3 aromatic rings. The van der Waals surface area contributed by atoms with Gasteiger partial charge in [0.25, 0.3) is 0 Å². The van der Waals surface area contributed by atoms with Crippen LogP contribution in [0.15, 0.2) is 41.2 Å². The van der Waals surface area contributed by atoms with Crippen molar-refractivity contribution in [3.8, 4) is 0 Å². The maximum absolute atomic E-state index is 5.03. The Hall–Kier alpha value is -2.96. The summed E-state index contributed by atoms with van der Waals surface area (Å²) in [6.45, 7) is 4.35. The highest BCUT2D eigenvalue weighted by atomic mass is 16.5. The number of hydrogen-bond donors (Lipinski definition) is 2. The molecule has 0 saturated heterocycles. The van der Waals surface area contributed by atoms with Gasteiger partial charge in [0.05, 0.1) is 0 Å². The first-order valence-electron chi connectivity index (χ1n) is 6.88. The molecule has 0 aliphatic carbocycles. The van der Waals surface area contributed by atoms with Crippen molar-refractivity contribution in [1.29, 1.82) is 0 Å². The number of aromatic nitrogens is 4. The molecule has 0 unspecified atom stereocenters. The third-order valence-corrected chi connectivity index (χ3v) is 2.95. The largest absolute Gasteiger partial charge is 0.366 e. The van der Waals surface area contributed by atoms with Crippen molar-refractivity contribution < 1.29 is 4.52 Å². The zero-order valence-corrected chi connectivity index (χ0v) is 12.4. The van der Waals surface area contributed by atoms with Gasteiger partial charge in [-0.1, -0.05) is 5.16 Å². The summed E-state index contributed by atoms with van der Waals surface area (Å²) in [6, 6.07) is 7.55. The molecule has 0 spiro atoms. The molecule has 0 aromatic carbocycles. The van der Waals surface area contributed by atoms with Gasteiger partial charge < -0.3 is 15.2 Å². The summed E-state index contributed by atoms with van der Waals surface area (Å²) in [5.41, 5.74) is 1.13. The van der Waals surface area contributed by atoms with Crippen LogP contribution in [0.5, 0.6) is 0 Å². The molecule has 0 aliphatic rings. The van der Waals surface area contributed by atoms with Crippen molar-refractivity contribution in [2.24, 2.45) is 0 Å². The first-order valence-corrected chi connectivity index (χ1v) is 6.88. The van der Waals surface area contributed by atoms with E-state index in [9.17, 15) is 0 Å². The molecule has 112 valence electrons. The second-order valence-electron chi connectivity index (χ2n) is 4.84. The van der Waals surface area contributed by atoms with Gasteiger partial charge >= 0.3 is 0 Å². The van der Waals surface area contributed by atoms with Crippen LogP contribution in [0.25, 0.3) is 0 Å². The summed E-state index contributed by atoms with van der Waals surface area (Å²) in [5, 5.41) is 10.3. The van der Waals surface area contributed by atoms with Crippen molar-refractivity contribution >= 4 is 17.5 Å². The Bertz CT molecular complexity index is 756. The quantitative estimate of drug-likeness (QED) is 0.748. The molecule has 3 rings (SSSR count). The molecule has 0 fully saturated rings. The van der Waals surface area contributed by atoms with Gasteiger partial charge in [-0.25, -0.2) is 9.97 Å². The lowest BCUT2D eigenvalue weighted by Gasteiger charge is -2.08. The fourth-order valence-electron chi connectivity index (χ4n) is 1.97. The van der Waals surface area contributed by atoms with Gasteiger partial charge in [0.2, 0.25) is 0 Å². The lowest BCUT2D eigenvalue weighted by atomic mass is 10.3. The van der Waals surface area contributed by atoms with Crippen LogP contribution in [-0.2, 0) is 6.54 Å². The maximum Gasteiger partial charge on any atom is 0.175 e. The van der Waals surface area contributed by atoms with Crippen LogP contribution < -0.4 is 10.6 Å². The van der Waals surface area contributed by atoms with Crippen LogP contribution in [-0.4, -0.2) is 20.1 Å². The van der Waals surface area contributed by atoms with E-state index in [-0.39, 0.29) is 0 Å². The second-order valence-corrected chi connectivity index (χ2v) is 4.84. The minimum absolute atomic E-state index is 0.621. The van der Waals surface area contributed by atoms with E-state index < -0.39 is 0 Å². The first-order chi connectivity index (χ1) is 10.7. The normalized spacial score (nSPS) is 10.5. The number of aryl methyl sites for hydroxylation is 2. The average molecular weight is 296 g/mol. The molecular weight excluding hydrogens is 280 g/mol. The average Bonchev–Trinajstić information content (AvgIpc) is 2.91. The van der Waals surface area contributed by atoms with Gasteiger partial charge in [-0.2, -0.15) is 0 Å². The highest BCUT2D eigenvalue weighted by molar-refractivity contribution is 5.56. The Morgan fingerprint density at radius 2 is 1.77 bits per heavy atom. The maximum atomic E-state index is 5.03. The second kappa shape index (κ2) is 6.21. The fraction of sp³-hybridized carbons (Fsp3) is 0.200. The van der Waals surface area contributed by atoms with E-state index in [4.69, 9.17) is 4.52 Å². The Kier molecular flexibility index (Phi) is 3.95. The van der Waals surface area contributed by atoms with E-state index in [0.717, 1.165) is 17.1 Å². The Balaban J connectivity index is 1.72. The molecule has 7 nitrogen and oxygen atoms in total. The number of rotatable bonds is 5. The summed E-state index contributed by atoms with van der Waals surface area (Å²) >= 11 is 0. The number of nitrogens with zero attached hydrogens (tertiary/aromatic N) is 4. The summed E-state index contributed by atoms with van der Waals surface area (Å²) in [4.78, 5) is 12.7. The monoisotopic (exact) mass is 296 g/mol. The van der Waals surface area contributed by atoms with Gasteiger partial charge in [-0.15, -0.1) is 0 Å². The van der Waals surface area contributed by atoms with Gasteiger partial charge in [0.1, 0.15) is 23.2 Å². The zero-order chi connectivity index (χ0) is 15.4. The summed E-state index contributed by atoms with van der Waals surface area (Å²) in [7, 11) is 0. The number of pyridine rings is 1. The Morgan fingerprint density at radius 1 is 1.00 bits per heavy atom. The van der Waals surface area contributed by atoms with E-state index >= 15 is 0 Å². The van der Waals surface area contributed by atoms with Crippen LogP contribution in [0, 0.1) is 13.8 Å². The third-order valence-electron chi connectivity index (χ3n) is 2.95. The van der Waals surface area contributed by atoms with Crippen LogP contribution >= 0.6 is 0 Å². The first kappa shape index (κ1) is 14.0. The van der Waals surface area contributed by atoms with Crippen molar-refractivity contribution in [1.82, 2.24) is 20.1 Å². The molecular formula is C15H16N6O. The standard InChI is InChI=1S/C15H16N6O/c1-10-7-15(21-22-10)20-14-8-13(18-11(2)19-14)17-9-12-3-5-16-6-4-12/h3-8H,9H2,1-2H3,(H2,17,18,19,20,21). The van der Waals surface area contributed by atoms with Gasteiger partial charge in [-0.05, 0) is 31.5 Å². The molecule has 0 bridgehead atoms. The topological polar surface area (TPSA) is 88.8 Å². The highest BCUT2D eigenvalue weighted by Gasteiger charge is 2.05. The lowest BCUT2D eigenvalue weighted by Crippen LogP contribution is -2.05. The van der Waals surface area contributed by atoms with Crippen molar-refractivity contribution in [2.45, 2.75) is 20.4 Å². The van der Waals surface area contributed by atoms with Crippen molar-refractivity contribution in [3.63, 3.8) is 0 Å². The third kappa shape index (κ3) is 3.57. The SMILES string of the molecule is Cc1nc(NCc2ccncc2)cc(Nc2cc(C)on2)n1. The van der Waals surface area contributed by atoms with E-state index in [1.54, 1.807) is 12.4 Å². The molecule has 0 radical (unpaired) electrons. The van der Waals surface area contributed by atoms with Gasteiger partial charge in [0, 0.05) is 31.1 Å².